The van der Waals surface area contributed by atoms with Gasteiger partial charge < -0.3 is 9.42 Å². The fraction of sp³-hybridized carbons (Fsp3) is 0.375. The topological polar surface area (TPSA) is 46.3 Å². The number of hydrogen-bond donors (Lipinski definition) is 0. The van der Waals surface area contributed by atoms with Gasteiger partial charge in [0.1, 0.15) is 11.3 Å². The summed E-state index contributed by atoms with van der Waals surface area (Å²) >= 11 is 0. The molecule has 1 aromatic carbocycles. The second-order valence-corrected chi connectivity index (χ2v) is 5.65. The predicted octanol–water partition coefficient (Wildman–Crippen LogP) is 3.32. The lowest BCUT2D eigenvalue weighted by Crippen LogP contribution is -2.28. The Balaban J connectivity index is 1.78. The molecule has 0 saturated carbocycles. The predicted molar refractivity (Wildman–Crippen MR) is 73.3 cm³/mol. The SMILES string of the molecule is Cc1noc(C)c1C(=O)N1C2CCC1c1ccccc12. The zero-order chi connectivity index (χ0) is 13.9. The average molecular weight is 268 g/mol. The van der Waals surface area contributed by atoms with Crippen molar-refractivity contribution >= 4 is 5.91 Å². The maximum Gasteiger partial charge on any atom is 0.260 e. The molecule has 0 aliphatic carbocycles. The van der Waals surface area contributed by atoms with Crippen molar-refractivity contribution in [3.05, 3.63) is 52.4 Å². The van der Waals surface area contributed by atoms with Crippen LogP contribution in [0.4, 0.5) is 0 Å². The minimum atomic E-state index is 0.0601. The number of aryl methyl sites for hydroxylation is 2. The van der Waals surface area contributed by atoms with E-state index in [0.29, 0.717) is 17.0 Å². The van der Waals surface area contributed by atoms with Crippen molar-refractivity contribution in [1.82, 2.24) is 10.1 Å². The van der Waals surface area contributed by atoms with Crippen molar-refractivity contribution in [2.75, 3.05) is 0 Å². The van der Waals surface area contributed by atoms with Gasteiger partial charge in [-0.05, 0) is 37.8 Å². The zero-order valence-electron chi connectivity index (χ0n) is 11.6. The summed E-state index contributed by atoms with van der Waals surface area (Å²) in [7, 11) is 0. The van der Waals surface area contributed by atoms with Crippen LogP contribution in [0.2, 0.25) is 0 Å². The Morgan fingerprint density at radius 1 is 1.20 bits per heavy atom. The van der Waals surface area contributed by atoms with Gasteiger partial charge in [-0.3, -0.25) is 4.79 Å². The van der Waals surface area contributed by atoms with E-state index >= 15 is 0 Å². The van der Waals surface area contributed by atoms with E-state index in [-0.39, 0.29) is 18.0 Å². The number of hydrogen-bond acceptors (Lipinski definition) is 3. The number of carbonyl (C=O) groups is 1. The molecular weight excluding hydrogens is 252 g/mol. The molecule has 0 N–H and O–H groups in total. The third kappa shape index (κ3) is 1.36. The van der Waals surface area contributed by atoms with E-state index in [9.17, 15) is 4.79 Å². The Bertz CT molecular complexity index is 654. The molecular formula is C16H16N2O2. The number of aromatic nitrogens is 1. The molecule has 20 heavy (non-hydrogen) atoms. The molecule has 0 spiro atoms. The Morgan fingerprint density at radius 3 is 2.30 bits per heavy atom. The first-order valence-corrected chi connectivity index (χ1v) is 7.03. The van der Waals surface area contributed by atoms with Gasteiger partial charge in [-0.2, -0.15) is 0 Å². The van der Waals surface area contributed by atoms with Crippen LogP contribution in [0.5, 0.6) is 0 Å². The van der Waals surface area contributed by atoms with Gasteiger partial charge in [0.15, 0.2) is 0 Å². The molecule has 4 heteroatoms. The zero-order valence-corrected chi connectivity index (χ0v) is 11.6. The molecule has 3 heterocycles. The van der Waals surface area contributed by atoms with Gasteiger partial charge in [-0.25, -0.2) is 0 Å². The van der Waals surface area contributed by atoms with Crippen LogP contribution in [0.1, 0.15) is 57.9 Å². The van der Waals surface area contributed by atoms with Crippen LogP contribution in [0.15, 0.2) is 28.8 Å². The highest BCUT2D eigenvalue weighted by molar-refractivity contribution is 5.97. The fourth-order valence-corrected chi connectivity index (χ4v) is 3.74. The summed E-state index contributed by atoms with van der Waals surface area (Å²) in [5.74, 6) is 0.674. The quantitative estimate of drug-likeness (QED) is 0.797. The van der Waals surface area contributed by atoms with Gasteiger partial charge in [0.2, 0.25) is 0 Å². The molecule has 2 aliphatic heterocycles. The van der Waals surface area contributed by atoms with E-state index in [0.717, 1.165) is 12.8 Å². The molecule has 2 aliphatic rings. The third-order valence-corrected chi connectivity index (χ3v) is 4.58. The third-order valence-electron chi connectivity index (χ3n) is 4.58. The number of nitrogens with zero attached hydrogens (tertiary/aromatic N) is 2. The summed E-state index contributed by atoms with van der Waals surface area (Å²) in [6.07, 6.45) is 2.10. The Labute approximate surface area is 117 Å². The fourth-order valence-electron chi connectivity index (χ4n) is 3.74. The smallest absolute Gasteiger partial charge is 0.260 e. The molecule has 2 atom stereocenters. The Hall–Kier alpha value is -2.10. The van der Waals surface area contributed by atoms with Gasteiger partial charge in [0.25, 0.3) is 5.91 Å². The van der Waals surface area contributed by atoms with Gasteiger partial charge in [0, 0.05) is 0 Å². The van der Waals surface area contributed by atoms with Crippen LogP contribution in [0.25, 0.3) is 0 Å². The molecule has 1 fully saturated rings. The van der Waals surface area contributed by atoms with Crippen LogP contribution in [0.3, 0.4) is 0 Å². The largest absolute Gasteiger partial charge is 0.361 e. The lowest BCUT2D eigenvalue weighted by molar-refractivity contribution is 0.0694. The van der Waals surface area contributed by atoms with Crippen LogP contribution in [0, 0.1) is 13.8 Å². The van der Waals surface area contributed by atoms with Gasteiger partial charge in [-0.1, -0.05) is 29.4 Å². The summed E-state index contributed by atoms with van der Waals surface area (Å²) in [5, 5.41) is 3.91. The molecule has 1 amide bonds. The number of amides is 1. The number of rotatable bonds is 1. The van der Waals surface area contributed by atoms with E-state index in [4.69, 9.17) is 4.52 Å². The van der Waals surface area contributed by atoms with E-state index in [1.165, 1.54) is 11.1 Å². The first-order chi connectivity index (χ1) is 9.68. The highest BCUT2D eigenvalue weighted by Gasteiger charge is 2.47. The molecule has 2 aromatic rings. The summed E-state index contributed by atoms with van der Waals surface area (Å²) in [6, 6.07) is 8.84. The molecule has 4 rings (SSSR count). The van der Waals surface area contributed by atoms with E-state index in [1.54, 1.807) is 6.92 Å². The van der Waals surface area contributed by atoms with Gasteiger partial charge >= 0.3 is 0 Å². The van der Waals surface area contributed by atoms with E-state index < -0.39 is 0 Å². The summed E-state index contributed by atoms with van der Waals surface area (Å²) in [4.78, 5) is 14.9. The first-order valence-electron chi connectivity index (χ1n) is 7.03. The van der Waals surface area contributed by atoms with Crippen molar-refractivity contribution in [2.45, 2.75) is 38.8 Å². The number of carbonyl (C=O) groups excluding carboxylic acids is 1. The van der Waals surface area contributed by atoms with Crippen LogP contribution in [-0.2, 0) is 0 Å². The molecule has 1 saturated heterocycles. The molecule has 2 bridgehead atoms. The van der Waals surface area contributed by atoms with Crippen molar-refractivity contribution in [3.63, 3.8) is 0 Å². The molecule has 2 unspecified atom stereocenters. The van der Waals surface area contributed by atoms with Crippen molar-refractivity contribution in [3.8, 4) is 0 Å². The average Bonchev–Trinajstić information content (AvgIpc) is 3.11. The van der Waals surface area contributed by atoms with Crippen LogP contribution in [-0.4, -0.2) is 16.0 Å². The van der Waals surface area contributed by atoms with Gasteiger partial charge in [0.05, 0.1) is 17.8 Å². The summed E-state index contributed by atoms with van der Waals surface area (Å²) in [5.41, 5.74) is 3.94. The van der Waals surface area contributed by atoms with E-state index in [2.05, 4.69) is 29.4 Å². The number of benzene rings is 1. The van der Waals surface area contributed by atoms with Crippen molar-refractivity contribution < 1.29 is 9.32 Å². The minimum Gasteiger partial charge on any atom is -0.361 e. The van der Waals surface area contributed by atoms with Crippen molar-refractivity contribution in [1.29, 1.82) is 0 Å². The second-order valence-electron chi connectivity index (χ2n) is 5.65. The molecule has 0 radical (unpaired) electrons. The Kier molecular flexibility index (Phi) is 2.31. The van der Waals surface area contributed by atoms with E-state index in [1.807, 2.05) is 11.8 Å². The maximum atomic E-state index is 12.9. The molecule has 1 aromatic heterocycles. The maximum absolute atomic E-state index is 12.9. The normalized spacial score (nSPS) is 23.2. The standard InChI is InChI=1S/C16H16N2O2/c1-9-15(10(2)20-17-9)16(19)18-13-7-8-14(18)12-6-4-3-5-11(12)13/h3-6,13-14H,7-8H2,1-2H3. The first kappa shape index (κ1) is 11.7. The lowest BCUT2D eigenvalue weighted by atomic mass is 9.92. The van der Waals surface area contributed by atoms with Crippen molar-refractivity contribution in [2.24, 2.45) is 0 Å². The lowest BCUT2D eigenvalue weighted by Gasteiger charge is -2.22. The summed E-state index contributed by atoms with van der Waals surface area (Å²) < 4.78 is 5.15. The van der Waals surface area contributed by atoms with Crippen LogP contribution < -0.4 is 0 Å². The minimum absolute atomic E-state index is 0.0601. The monoisotopic (exact) mass is 268 g/mol. The molecule has 4 nitrogen and oxygen atoms in total. The van der Waals surface area contributed by atoms with Gasteiger partial charge in [-0.15, -0.1) is 0 Å². The van der Waals surface area contributed by atoms with Crippen LogP contribution >= 0.6 is 0 Å². The number of fused-ring (bicyclic) bond motifs is 5. The Morgan fingerprint density at radius 2 is 1.80 bits per heavy atom. The second kappa shape index (κ2) is 3.95. The highest BCUT2D eigenvalue weighted by Crippen LogP contribution is 2.53. The highest BCUT2D eigenvalue weighted by atomic mass is 16.5. The summed E-state index contributed by atoms with van der Waals surface area (Å²) in [6.45, 7) is 3.63. The molecule has 102 valence electrons.